The summed E-state index contributed by atoms with van der Waals surface area (Å²) in [5, 5.41) is 8.09. The molecule has 2 rings (SSSR count). The van der Waals surface area contributed by atoms with Gasteiger partial charge in [-0.3, -0.25) is 4.79 Å². The van der Waals surface area contributed by atoms with Crippen LogP contribution < -0.4 is 10.6 Å². The third-order valence-electron chi connectivity index (χ3n) is 2.88. The van der Waals surface area contributed by atoms with Gasteiger partial charge in [0.1, 0.15) is 6.04 Å². The first-order valence-electron chi connectivity index (χ1n) is 5.79. The summed E-state index contributed by atoms with van der Waals surface area (Å²) in [5.74, 6) is -0.0259. The van der Waals surface area contributed by atoms with Crippen molar-refractivity contribution in [2.45, 2.75) is 13.0 Å². The molecule has 0 radical (unpaired) electrons. The van der Waals surface area contributed by atoms with Crippen LogP contribution in [0, 0.1) is 0 Å². The summed E-state index contributed by atoms with van der Waals surface area (Å²) in [6, 6.07) is 11.8. The SMILES string of the molecule is CNC(=O)C(C)Nc1ccc(Br)c2ccccc12. The van der Waals surface area contributed by atoms with Crippen molar-refractivity contribution in [2.24, 2.45) is 0 Å². The molecule has 4 heteroatoms. The molecule has 0 saturated heterocycles. The summed E-state index contributed by atoms with van der Waals surface area (Å²) < 4.78 is 1.05. The number of likely N-dealkylation sites (N-methyl/N-ethyl adjacent to an activating group) is 1. The Morgan fingerprint density at radius 3 is 2.50 bits per heavy atom. The van der Waals surface area contributed by atoms with E-state index < -0.39 is 0 Å². The lowest BCUT2D eigenvalue weighted by Crippen LogP contribution is -2.35. The summed E-state index contributed by atoms with van der Waals surface area (Å²) in [6.45, 7) is 1.84. The highest BCUT2D eigenvalue weighted by molar-refractivity contribution is 9.10. The zero-order chi connectivity index (χ0) is 13.1. The molecule has 2 aromatic carbocycles. The molecule has 0 saturated carbocycles. The molecule has 2 N–H and O–H groups in total. The van der Waals surface area contributed by atoms with Crippen molar-refractivity contribution >= 4 is 38.3 Å². The maximum Gasteiger partial charge on any atom is 0.241 e. The molecule has 2 aromatic rings. The zero-order valence-corrected chi connectivity index (χ0v) is 11.9. The van der Waals surface area contributed by atoms with Crippen molar-refractivity contribution in [1.82, 2.24) is 5.32 Å². The molecule has 0 aliphatic carbocycles. The Morgan fingerprint density at radius 2 is 1.83 bits per heavy atom. The van der Waals surface area contributed by atoms with Crippen molar-refractivity contribution in [3.05, 3.63) is 40.9 Å². The van der Waals surface area contributed by atoms with E-state index >= 15 is 0 Å². The van der Waals surface area contributed by atoms with Crippen molar-refractivity contribution in [3.63, 3.8) is 0 Å². The standard InChI is InChI=1S/C14H15BrN2O/c1-9(14(18)16-2)17-13-8-7-12(15)10-5-3-4-6-11(10)13/h3-9,17H,1-2H3,(H,16,18). The molecular formula is C14H15BrN2O. The molecule has 0 heterocycles. The van der Waals surface area contributed by atoms with E-state index in [1.54, 1.807) is 7.05 Å². The molecule has 0 bridgehead atoms. The molecule has 18 heavy (non-hydrogen) atoms. The van der Waals surface area contributed by atoms with Crippen molar-refractivity contribution in [3.8, 4) is 0 Å². The molecule has 1 amide bonds. The highest BCUT2D eigenvalue weighted by Crippen LogP contribution is 2.30. The minimum atomic E-state index is -0.264. The Labute approximate surface area is 115 Å². The lowest BCUT2D eigenvalue weighted by Gasteiger charge is -2.16. The monoisotopic (exact) mass is 306 g/mol. The highest BCUT2D eigenvalue weighted by atomic mass is 79.9. The van der Waals surface area contributed by atoms with Crippen LogP contribution in [0.25, 0.3) is 10.8 Å². The average Bonchev–Trinajstić information content (AvgIpc) is 2.41. The lowest BCUT2D eigenvalue weighted by atomic mass is 10.1. The first kappa shape index (κ1) is 12.9. The zero-order valence-electron chi connectivity index (χ0n) is 10.3. The fraction of sp³-hybridized carbons (Fsp3) is 0.214. The molecule has 94 valence electrons. The predicted octanol–water partition coefficient (Wildman–Crippen LogP) is 3.15. The molecule has 1 atom stereocenters. The fourth-order valence-electron chi connectivity index (χ4n) is 1.90. The van der Waals surface area contributed by atoms with Gasteiger partial charge in [0.15, 0.2) is 0 Å². The summed E-state index contributed by atoms with van der Waals surface area (Å²) in [6.07, 6.45) is 0. The van der Waals surface area contributed by atoms with E-state index in [0.29, 0.717) is 0 Å². The average molecular weight is 307 g/mol. The molecule has 0 aliphatic heterocycles. The number of anilines is 1. The van der Waals surface area contributed by atoms with Crippen LogP contribution in [-0.2, 0) is 4.79 Å². The number of hydrogen-bond acceptors (Lipinski definition) is 2. The Hall–Kier alpha value is -1.55. The van der Waals surface area contributed by atoms with Gasteiger partial charge in [0.25, 0.3) is 0 Å². The van der Waals surface area contributed by atoms with Gasteiger partial charge in [-0.05, 0) is 24.4 Å². The second kappa shape index (κ2) is 5.40. The van der Waals surface area contributed by atoms with Crippen molar-refractivity contribution in [1.29, 1.82) is 0 Å². The molecule has 0 fully saturated rings. The predicted molar refractivity (Wildman–Crippen MR) is 78.8 cm³/mol. The third-order valence-corrected chi connectivity index (χ3v) is 3.57. The van der Waals surface area contributed by atoms with Gasteiger partial charge in [-0.2, -0.15) is 0 Å². The van der Waals surface area contributed by atoms with Crippen LogP contribution in [0.15, 0.2) is 40.9 Å². The number of nitrogens with one attached hydrogen (secondary N) is 2. The van der Waals surface area contributed by atoms with E-state index in [1.165, 1.54) is 0 Å². The fourth-order valence-corrected chi connectivity index (χ4v) is 2.38. The Kier molecular flexibility index (Phi) is 3.87. The van der Waals surface area contributed by atoms with Gasteiger partial charge in [-0.15, -0.1) is 0 Å². The Morgan fingerprint density at radius 1 is 1.17 bits per heavy atom. The van der Waals surface area contributed by atoms with E-state index in [-0.39, 0.29) is 11.9 Å². The van der Waals surface area contributed by atoms with E-state index in [1.807, 2.05) is 37.3 Å². The molecular weight excluding hydrogens is 292 g/mol. The number of rotatable bonds is 3. The van der Waals surface area contributed by atoms with Crippen LogP contribution in [0.4, 0.5) is 5.69 Å². The van der Waals surface area contributed by atoms with Gasteiger partial charge in [-0.25, -0.2) is 0 Å². The van der Waals surface area contributed by atoms with Gasteiger partial charge in [0.2, 0.25) is 5.91 Å². The summed E-state index contributed by atoms with van der Waals surface area (Å²) in [5.41, 5.74) is 0.963. The maximum absolute atomic E-state index is 11.5. The third kappa shape index (κ3) is 2.48. The second-order valence-corrected chi connectivity index (χ2v) is 4.98. The minimum Gasteiger partial charge on any atom is -0.373 e. The van der Waals surface area contributed by atoms with Crippen LogP contribution in [-0.4, -0.2) is 19.0 Å². The number of halogens is 1. The molecule has 1 unspecified atom stereocenters. The number of fused-ring (bicyclic) bond motifs is 1. The van der Waals surface area contributed by atoms with Gasteiger partial charge >= 0.3 is 0 Å². The van der Waals surface area contributed by atoms with Crippen LogP contribution >= 0.6 is 15.9 Å². The number of hydrogen-bond donors (Lipinski definition) is 2. The smallest absolute Gasteiger partial charge is 0.241 e. The number of carbonyl (C=O) groups is 1. The summed E-state index contributed by atoms with van der Waals surface area (Å²) in [7, 11) is 1.64. The quantitative estimate of drug-likeness (QED) is 0.914. The Balaban J connectivity index is 2.40. The van der Waals surface area contributed by atoms with E-state index in [4.69, 9.17) is 0 Å². The molecule has 0 aromatic heterocycles. The van der Waals surface area contributed by atoms with Crippen LogP contribution in [0.2, 0.25) is 0 Å². The van der Waals surface area contributed by atoms with Crippen molar-refractivity contribution < 1.29 is 4.79 Å². The minimum absolute atomic E-state index is 0.0259. The topological polar surface area (TPSA) is 41.1 Å². The van der Waals surface area contributed by atoms with Crippen LogP contribution in [0.5, 0.6) is 0 Å². The van der Waals surface area contributed by atoms with Crippen molar-refractivity contribution in [2.75, 3.05) is 12.4 Å². The number of carbonyl (C=O) groups excluding carboxylic acids is 1. The van der Waals surface area contributed by atoms with E-state index in [2.05, 4.69) is 32.6 Å². The molecule has 3 nitrogen and oxygen atoms in total. The normalized spacial score (nSPS) is 12.2. The largest absolute Gasteiger partial charge is 0.373 e. The van der Waals surface area contributed by atoms with Gasteiger partial charge < -0.3 is 10.6 Å². The maximum atomic E-state index is 11.5. The first-order valence-corrected chi connectivity index (χ1v) is 6.58. The lowest BCUT2D eigenvalue weighted by molar-refractivity contribution is -0.121. The first-order chi connectivity index (χ1) is 8.63. The number of amides is 1. The van der Waals surface area contributed by atoms with Crippen LogP contribution in [0.1, 0.15) is 6.92 Å². The van der Waals surface area contributed by atoms with Gasteiger partial charge in [-0.1, -0.05) is 40.2 Å². The van der Waals surface area contributed by atoms with Crippen LogP contribution in [0.3, 0.4) is 0 Å². The van der Waals surface area contributed by atoms with Gasteiger partial charge in [0.05, 0.1) is 0 Å². The van der Waals surface area contributed by atoms with E-state index in [9.17, 15) is 4.79 Å². The van der Waals surface area contributed by atoms with Gasteiger partial charge in [0, 0.05) is 22.6 Å². The summed E-state index contributed by atoms with van der Waals surface area (Å²) >= 11 is 3.53. The molecule has 0 spiro atoms. The Bertz CT molecular complexity index is 583. The summed E-state index contributed by atoms with van der Waals surface area (Å²) in [4.78, 5) is 11.5. The second-order valence-electron chi connectivity index (χ2n) is 4.12. The number of benzene rings is 2. The highest BCUT2D eigenvalue weighted by Gasteiger charge is 2.12. The van der Waals surface area contributed by atoms with E-state index in [0.717, 1.165) is 20.9 Å². The molecule has 0 aliphatic rings.